The number of aromatic amines is 1. The molecule has 2 rings (SSSR count). The summed E-state index contributed by atoms with van der Waals surface area (Å²) in [5, 5.41) is 0. The third-order valence-corrected chi connectivity index (χ3v) is 3.60. The molecule has 0 aliphatic heterocycles. The van der Waals surface area contributed by atoms with Gasteiger partial charge < -0.3 is 10.7 Å². The standard InChI is InChI=1S/C15H21N3/c1-9-5-6-13(11(3)10(9)2)15-14(7-8-16)17-12(4)18-15/h5-6H,7-8,16H2,1-4H3,(H,17,18). The summed E-state index contributed by atoms with van der Waals surface area (Å²) < 4.78 is 0. The maximum atomic E-state index is 5.66. The van der Waals surface area contributed by atoms with Crippen LogP contribution in [-0.4, -0.2) is 16.5 Å². The molecule has 3 nitrogen and oxygen atoms in total. The number of hydrogen-bond acceptors (Lipinski definition) is 2. The Balaban J connectivity index is 2.58. The molecular weight excluding hydrogens is 222 g/mol. The van der Waals surface area contributed by atoms with E-state index in [1.165, 1.54) is 22.3 Å². The zero-order valence-electron chi connectivity index (χ0n) is 11.6. The van der Waals surface area contributed by atoms with Crippen LogP contribution < -0.4 is 5.73 Å². The third kappa shape index (κ3) is 2.18. The van der Waals surface area contributed by atoms with Crippen molar-refractivity contribution in [1.82, 2.24) is 9.97 Å². The van der Waals surface area contributed by atoms with E-state index in [-0.39, 0.29) is 0 Å². The Bertz CT molecular complexity index is 567. The Morgan fingerprint density at radius 2 is 1.83 bits per heavy atom. The van der Waals surface area contributed by atoms with Gasteiger partial charge in [0.15, 0.2) is 0 Å². The van der Waals surface area contributed by atoms with Crippen molar-refractivity contribution in [2.45, 2.75) is 34.1 Å². The van der Waals surface area contributed by atoms with Crippen LogP contribution in [0.25, 0.3) is 11.3 Å². The summed E-state index contributed by atoms with van der Waals surface area (Å²) in [4.78, 5) is 7.93. The van der Waals surface area contributed by atoms with Gasteiger partial charge in [-0.3, -0.25) is 0 Å². The maximum Gasteiger partial charge on any atom is 0.103 e. The summed E-state index contributed by atoms with van der Waals surface area (Å²) in [5.74, 6) is 0.950. The number of nitrogens with zero attached hydrogens (tertiary/aromatic N) is 1. The number of hydrogen-bond donors (Lipinski definition) is 2. The van der Waals surface area contributed by atoms with Crippen molar-refractivity contribution in [1.29, 1.82) is 0 Å². The molecule has 2 aromatic rings. The van der Waals surface area contributed by atoms with Gasteiger partial charge in [-0.25, -0.2) is 4.98 Å². The van der Waals surface area contributed by atoms with Crippen molar-refractivity contribution in [2.75, 3.05) is 6.54 Å². The zero-order chi connectivity index (χ0) is 13.3. The molecule has 96 valence electrons. The molecule has 0 spiro atoms. The number of rotatable bonds is 3. The van der Waals surface area contributed by atoms with Gasteiger partial charge in [0.2, 0.25) is 0 Å². The van der Waals surface area contributed by atoms with Gasteiger partial charge in [0.25, 0.3) is 0 Å². The minimum Gasteiger partial charge on any atom is -0.346 e. The first-order valence-corrected chi connectivity index (χ1v) is 6.37. The van der Waals surface area contributed by atoms with Crippen molar-refractivity contribution in [3.05, 3.63) is 40.3 Å². The monoisotopic (exact) mass is 243 g/mol. The number of imidazole rings is 1. The quantitative estimate of drug-likeness (QED) is 0.871. The van der Waals surface area contributed by atoms with Crippen molar-refractivity contribution < 1.29 is 0 Å². The lowest BCUT2D eigenvalue weighted by Gasteiger charge is -2.10. The number of aryl methyl sites for hydroxylation is 2. The van der Waals surface area contributed by atoms with E-state index in [4.69, 9.17) is 5.73 Å². The summed E-state index contributed by atoms with van der Waals surface area (Å²) in [5.41, 5.74) is 13.0. The fraction of sp³-hybridized carbons (Fsp3) is 0.400. The molecule has 3 heteroatoms. The van der Waals surface area contributed by atoms with Crippen molar-refractivity contribution >= 4 is 0 Å². The average molecular weight is 243 g/mol. The molecule has 0 unspecified atom stereocenters. The highest BCUT2D eigenvalue weighted by molar-refractivity contribution is 5.68. The summed E-state index contributed by atoms with van der Waals surface area (Å²) in [6.45, 7) is 9.09. The lowest BCUT2D eigenvalue weighted by atomic mass is 9.96. The number of aromatic nitrogens is 2. The zero-order valence-corrected chi connectivity index (χ0v) is 11.6. The molecule has 0 radical (unpaired) electrons. The van der Waals surface area contributed by atoms with E-state index in [1.807, 2.05) is 6.92 Å². The number of nitrogens with two attached hydrogens (primary N) is 1. The van der Waals surface area contributed by atoms with Gasteiger partial charge >= 0.3 is 0 Å². The first-order chi connectivity index (χ1) is 8.54. The fourth-order valence-electron chi connectivity index (χ4n) is 2.30. The normalized spacial score (nSPS) is 10.9. The van der Waals surface area contributed by atoms with Crippen LogP contribution >= 0.6 is 0 Å². The second-order valence-electron chi connectivity index (χ2n) is 4.87. The topological polar surface area (TPSA) is 54.7 Å². The van der Waals surface area contributed by atoms with Gasteiger partial charge in [-0.15, -0.1) is 0 Å². The Hall–Kier alpha value is -1.61. The number of H-pyrrole nitrogens is 1. The van der Waals surface area contributed by atoms with E-state index < -0.39 is 0 Å². The van der Waals surface area contributed by atoms with Crippen LogP contribution in [0.1, 0.15) is 28.2 Å². The molecule has 1 heterocycles. The Kier molecular flexibility index (Phi) is 3.53. The van der Waals surface area contributed by atoms with Crippen LogP contribution in [-0.2, 0) is 6.42 Å². The first-order valence-electron chi connectivity index (χ1n) is 6.37. The lowest BCUT2D eigenvalue weighted by Crippen LogP contribution is -2.04. The van der Waals surface area contributed by atoms with Crippen LogP contribution in [0.5, 0.6) is 0 Å². The number of nitrogens with one attached hydrogen (secondary N) is 1. The third-order valence-electron chi connectivity index (χ3n) is 3.60. The van der Waals surface area contributed by atoms with Crippen LogP contribution in [0.4, 0.5) is 0 Å². The fourth-order valence-corrected chi connectivity index (χ4v) is 2.30. The van der Waals surface area contributed by atoms with Gasteiger partial charge in [-0.05, 0) is 50.9 Å². The molecule has 0 amide bonds. The van der Waals surface area contributed by atoms with Crippen LogP contribution in [0.15, 0.2) is 12.1 Å². The SMILES string of the molecule is Cc1nc(-c2ccc(C)c(C)c2C)c(CCN)[nH]1. The van der Waals surface area contributed by atoms with Crippen molar-refractivity contribution in [3.8, 4) is 11.3 Å². The van der Waals surface area contributed by atoms with Crippen molar-refractivity contribution in [2.24, 2.45) is 5.73 Å². The molecule has 0 saturated carbocycles. The van der Waals surface area contributed by atoms with Gasteiger partial charge in [-0.2, -0.15) is 0 Å². The molecule has 1 aromatic heterocycles. The molecule has 18 heavy (non-hydrogen) atoms. The Morgan fingerprint density at radius 3 is 2.50 bits per heavy atom. The Labute approximate surface area is 108 Å². The summed E-state index contributed by atoms with van der Waals surface area (Å²) in [6, 6.07) is 4.32. The summed E-state index contributed by atoms with van der Waals surface area (Å²) in [6.07, 6.45) is 0.836. The van der Waals surface area contributed by atoms with E-state index in [1.54, 1.807) is 0 Å². The van der Waals surface area contributed by atoms with E-state index in [9.17, 15) is 0 Å². The Morgan fingerprint density at radius 1 is 1.11 bits per heavy atom. The highest BCUT2D eigenvalue weighted by atomic mass is 14.9. The molecule has 0 aliphatic carbocycles. The number of benzene rings is 1. The largest absolute Gasteiger partial charge is 0.346 e. The first kappa shape index (κ1) is 12.8. The highest BCUT2D eigenvalue weighted by Crippen LogP contribution is 2.28. The molecule has 3 N–H and O–H groups in total. The van der Waals surface area contributed by atoms with Gasteiger partial charge in [0.1, 0.15) is 5.82 Å². The summed E-state index contributed by atoms with van der Waals surface area (Å²) in [7, 11) is 0. The van der Waals surface area contributed by atoms with Crippen LogP contribution in [0, 0.1) is 27.7 Å². The minimum atomic E-state index is 0.637. The summed E-state index contributed by atoms with van der Waals surface area (Å²) >= 11 is 0. The highest BCUT2D eigenvalue weighted by Gasteiger charge is 2.13. The molecule has 0 fully saturated rings. The smallest absolute Gasteiger partial charge is 0.103 e. The molecule has 0 aliphatic rings. The van der Waals surface area contributed by atoms with E-state index in [0.29, 0.717) is 6.54 Å². The second-order valence-corrected chi connectivity index (χ2v) is 4.87. The van der Waals surface area contributed by atoms with E-state index in [0.717, 1.165) is 23.6 Å². The average Bonchev–Trinajstić information content (AvgIpc) is 2.68. The second kappa shape index (κ2) is 4.94. The van der Waals surface area contributed by atoms with Gasteiger partial charge in [0.05, 0.1) is 5.69 Å². The van der Waals surface area contributed by atoms with E-state index in [2.05, 4.69) is 42.9 Å². The maximum absolute atomic E-state index is 5.66. The molecule has 0 saturated heterocycles. The predicted octanol–water partition coefficient (Wildman–Crippen LogP) is 2.81. The van der Waals surface area contributed by atoms with Gasteiger partial charge in [-0.1, -0.05) is 12.1 Å². The molecule has 0 atom stereocenters. The van der Waals surface area contributed by atoms with Crippen LogP contribution in [0.3, 0.4) is 0 Å². The van der Waals surface area contributed by atoms with E-state index >= 15 is 0 Å². The van der Waals surface area contributed by atoms with Gasteiger partial charge in [0, 0.05) is 17.7 Å². The molecule has 0 bridgehead atoms. The van der Waals surface area contributed by atoms with Crippen molar-refractivity contribution in [3.63, 3.8) is 0 Å². The van der Waals surface area contributed by atoms with Crippen LogP contribution in [0.2, 0.25) is 0 Å². The molecular formula is C15H21N3. The lowest BCUT2D eigenvalue weighted by molar-refractivity contribution is 0.930. The molecule has 1 aromatic carbocycles. The predicted molar refractivity (Wildman–Crippen MR) is 75.7 cm³/mol. The minimum absolute atomic E-state index is 0.637.